The van der Waals surface area contributed by atoms with Crippen molar-refractivity contribution < 1.29 is 14.3 Å². The van der Waals surface area contributed by atoms with Crippen LogP contribution in [-0.2, 0) is 11.2 Å². The van der Waals surface area contributed by atoms with Gasteiger partial charge in [0, 0.05) is 24.1 Å². The third-order valence-electron chi connectivity index (χ3n) is 4.66. The topological polar surface area (TPSA) is 38.8 Å². The molecule has 1 atom stereocenters. The third-order valence-corrected chi connectivity index (χ3v) is 5.99. The molecule has 25 heavy (non-hydrogen) atoms. The van der Waals surface area contributed by atoms with Crippen molar-refractivity contribution in [1.82, 2.24) is 4.90 Å². The van der Waals surface area contributed by atoms with E-state index in [0.717, 1.165) is 42.3 Å². The van der Waals surface area contributed by atoms with Crippen molar-refractivity contribution >= 4 is 17.7 Å². The van der Waals surface area contributed by atoms with Crippen LogP contribution in [0, 0.1) is 0 Å². The number of thioether (sulfide) groups is 1. The average molecular weight is 355 g/mol. The molecular formula is C20H21NO3S. The van der Waals surface area contributed by atoms with E-state index in [1.54, 1.807) is 0 Å². The summed E-state index contributed by atoms with van der Waals surface area (Å²) in [4.78, 5) is 14.7. The van der Waals surface area contributed by atoms with E-state index in [0.29, 0.717) is 11.7 Å². The second kappa shape index (κ2) is 7.40. The van der Waals surface area contributed by atoms with Gasteiger partial charge in [0.25, 0.3) is 0 Å². The maximum atomic E-state index is 12.7. The summed E-state index contributed by atoms with van der Waals surface area (Å²) < 4.78 is 10.7. The minimum Gasteiger partial charge on any atom is -0.454 e. The Hall–Kier alpha value is -2.14. The van der Waals surface area contributed by atoms with Crippen LogP contribution >= 0.6 is 11.8 Å². The van der Waals surface area contributed by atoms with Crippen molar-refractivity contribution in [3.63, 3.8) is 0 Å². The molecule has 4 nitrogen and oxygen atoms in total. The largest absolute Gasteiger partial charge is 0.454 e. The lowest BCUT2D eigenvalue weighted by Gasteiger charge is -2.20. The Morgan fingerprint density at radius 1 is 1.08 bits per heavy atom. The fraction of sp³-hybridized carbons (Fsp3) is 0.350. The number of rotatable bonds is 3. The number of hydrogen-bond acceptors (Lipinski definition) is 4. The van der Waals surface area contributed by atoms with E-state index < -0.39 is 0 Å². The summed E-state index contributed by atoms with van der Waals surface area (Å²) in [5, 5.41) is 0.476. The van der Waals surface area contributed by atoms with Crippen LogP contribution in [0.2, 0.25) is 0 Å². The maximum Gasteiger partial charge on any atom is 0.231 e. The van der Waals surface area contributed by atoms with Crippen molar-refractivity contribution in [3.8, 4) is 11.5 Å². The second-order valence-corrected chi connectivity index (χ2v) is 7.61. The van der Waals surface area contributed by atoms with E-state index in [-0.39, 0.29) is 12.7 Å². The lowest BCUT2D eigenvalue weighted by molar-refractivity contribution is -0.130. The predicted molar refractivity (Wildman–Crippen MR) is 99.1 cm³/mol. The van der Waals surface area contributed by atoms with Crippen LogP contribution in [0.4, 0.5) is 0 Å². The van der Waals surface area contributed by atoms with Gasteiger partial charge in [-0.2, -0.15) is 11.8 Å². The highest BCUT2D eigenvalue weighted by atomic mass is 32.2. The van der Waals surface area contributed by atoms with Crippen LogP contribution in [0.3, 0.4) is 0 Å². The van der Waals surface area contributed by atoms with Crippen LogP contribution in [-0.4, -0.2) is 36.4 Å². The number of fused-ring (bicyclic) bond motifs is 1. The van der Waals surface area contributed by atoms with Crippen molar-refractivity contribution in [2.24, 2.45) is 0 Å². The Kier molecular flexibility index (Phi) is 4.83. The summed E-state index contributed by atoms with van der Waals surface area (Å²) in [6.07, 6.45) is 1.42. The van der Waals surface area contributed by atoms with Gasteiger partial charge in [-0.05, 0) is 29.7 Å². The van der Waals surface area contributed by atoms with Crippen LogP contribution in [0.25, 0.3) is 0 Å². The first-order chi connectivity index (χ1) is 12.3. The van der Waals surface area contributed by atoms with Gasteiger partial charge in [-0.25, -0.2) is 0 Å². The molecule has 2 aliphatic heterocycles. The molecule has 1 fully saturated rings. The van der Waals surface area contributed by atoms with Gasteiger partial charge in [0.05, 0.1) is 6.42 Å². The maximum absolute atomic E-state index is 12.7. The van der Waals surface area contributed by atoms with E-state index in [2.05, 4.69) is 24.3 Å². The van der Waals surface area contributed by atoms with Gasteiger partial charge in [-0.3, -0.25) is 4.79 Å². The molecule has 1 saturated heterocycles. The van der Waals surface area contributed by atoms with Crippen molar-refractivity contribution in [1.29, 1.82) is 0 Å². The molecule has 1 amide bonds. The van der Waals surface area contributed by atoms with Crippen molar-refractivity contribution in [2.75, 3.05) is 25.6 Å². The number of ether oxygens (including phenoxy) is 2. The van der Waals surface area contributed by atoms with Gasteiger partial charge in [-0.15, -0.1) is 0 Å². The lowest BCUT2D eigenvalue weighted by atomic mass is 10.1. The van der Waals surface area contributed by atoms with Gasteiger partial charge in [-0.1, -0.05) is 36.4 Å². The molecule has 1 unspecified atom stereocenters. The van der Waals surface area contributed by atoms with E-state index >= 15 is 0 Å². The Morgan fingerprint density at radius 3 is 2.80 bits per heavy atom. The zero-order chi connectivity index (χ0) is 17.1. The Labute approximate surface area is 152 Å². The molecule has 2 aromatic rings. The molecule has 0 aliphatic carbocycles. The lowest BCUT2D eigenvalue weighted by Crippen LogP contribution is -2.34. The molecule has 130 valence electrons. The molecule has 2 aliphatic rings. The van der Waals surface area contributed by atoms with Gasteiger partial charge in [0.15, 0.2) is 11.5 Å². The van der Waals surface area contributed by atoms with Crippen molar-refractivity contribution in [2.45, 2.75) is 18.1 Å². The van der Waals surface area contributed by atoms with E-state index in [1.165, 1.54) is 5.56 Å². The molecule has 0 radical (unpaired) electrons. The van der Waals surface area contributed by atoms with Crippen molar-refractivity contribution in [3.05, 3.63) is 59.7 Å². The molecule has 2 aromatic carbocycles. The minimum absolute atomic E-state index is 0.188. The fourth-order valence-electron chi connectivity index (χ4n) is 3.29. The summed E-state index contributed by atoms with van der Waals surface area (Å²) in [7, 11) is 0. The average Bonchev–Trinajstić information content (AvgIpc) is 2.96. The monoisotopic (exact) mass is 355 g/mol. The first-order valence-corrected chi connectivity index (χ1v) is 9.67. The molecule has 0 aromatic heterocycles. The zero-order valence-corrected chi connectivity index (χ0v) is 14.8. The molecule has 2 heterocycles. The van der Waals surface area contributed by atoms with Crippen LogP contribution in [0.15, 0.2) is 48.5 Å². The highest BCUT2D eigenvalue weighted by Crippen LogP contribution is 2.35. The van der Waals surface area contributed by atoms with Crippen LogP contribution in [0.5, 0.6) is 11.5 Å². The molecule has 4 rings (SSSR count). The number of amides is 1. The zero-order valence-electron chi connectivity index (χ0n) is 14.0. The molecular weight excluding hydrogens is 334 g/mol. The van der Waals surface area contributed by atoms with Crippen LogP contribution in [0.1, 0.15) is 22.8 Å². The number of carbonyl (C=O) groups excluding carboxylic acids is 1. The molecule has 0 bridgehead atoms. The van der Waals surface area contributed by atoms with Gasteiger partial charge >= 0.3 is 0 Å². The molecule has 0 N–H and O–H groups in total. The summed E-state index contributed by atoms with van der Waals surface area (Å²) in [6, 6.07) is 16.3. The molecule has 0 saturated carbocycles. The Morgan fingerprint density at radius 2 is 1.92 bits per heavy atom. The van der Waals surface area contributed by atoms with Crippen LogP contribution < -0.4 is 9.47 Å². The minimum atomic E-state index is 0.188. The van der Waals surface area contributed by atoms with E-state index in [9.17, 15) is 4.79 Å². The van der Waals surface area contributed by atoms with E-state index in [4.69, 9.17) is 9.47 Å². The first kappa shape index (κ1) is 16.3. The smallest absolute Gasteiger partial charge is 0.231 e. The summed E-state index contributed by atoms with van der Waals surface area (Å²) >= 11 is 1.95. The summed E-state index contributed by atoms with van der Waals surface area (Å²) in [5.41, 5.74) is 2.34. The number of hydrogen-bond donors (Lipinski definition) is 0. The number of benzene rings is 2. The number of carbonyl (C=O) groups is 1. The highest BCUT2D eigenvalue weighted by molar-refractivity contribution is 7.99. The van der Waals surface area contributed by atoms with Gasteiger partial charge in [0.2, 0.25) is 12.7 Å². The second-order valence-electron chi connectivity index (χ2n) is 6.30. The Balaban J connectivity index is 1.38. The highest BCUT2D eigenvalue weighted by Gasteiger charge is 2.22. The summed E-state index contributed by atoms with van der Waals surface area (Å²) in [6.45, 7) is 1.89. The molecule has 5 heteroatoms. The quantitative estimate of drug-likeness (QED) is 0.842. The fourth-order valence-corrected chi connectivity index (χ4v) is 4.52. The third kappa shape index (κ3) is 3.76. The molecule has 0 spiro atoms. The Bertz CT molecular complexity index is 750. The van der Waals surface area contributed by atoms with E-state index in [1.807, 2.05) is 40.9 Å². The van der Waals surface area contributed by atoms with Gasteiger partial charge < -0.3 is 14.4 Å². The standard InChI is InChI=1S/C20H21NO3S/c22-20(13-15-6-7-17-18(12-15)24-14-23-17)21-9-8-19(25-11-10-21)16-4-2-1-3-5-16/h1-7,12,19H,8-11,13-14H2. The normalized spacial score (nSPS) is 19.5. The summed E-state index contributed by atoms with van der Waals surface area (Å²) in [5.74, 6) is 2.66. The number of nitrogens with zero attached hydrogens (tertiary/aromatic N) is 1. The predicted octanol–water partition coefficient (Wildman–Crippen LogP) is 3.66. The SMILES string of the molecule is O=C(Cc1ccc2c(c1)OCO2)N1CCSC(c2ccccc2)CC1. The van der Waals surface area contributed by atoms with Gasteiger partial charge in [0.1, 0.15) is 0 Å². The first-order valence-electron chi connectivity index (χ1n) is 8.62.